The van der Waals surface area contributed by atoms with Gasteiger partial charge in [0.2, 0.25) is 0 Å². The van der Waals surface area contributed by atoms with E-state index in [4.69, 9.17) is 5.11 Å². The maximum absolute atomic E-state index is 13.6. The second-order valence-electron chi connectivity index (χ2n) is 4.08. The molecule has 1 amide bonds. The fourth-order valence-corrected chi connectivity index (χ4v) is 2.09. The van der Waals surface area contributed by atoms with E-state index in [1.807, 2.05) is 0 Å². The topological polar surface area (TPSA) is 92.7 Å². The number of halogens is 2. The number of esters is 1. The highest BCUT2D eigenvalue weighted by atomic mass is 79.9. The van der Waals surface area contributed by atoms with Gasteiger partial charge >= 0.3 is 11.9 Å². The molecule has 8 heteroatoms. The fourth-order valence-electron chi connectivity index (χ4n) is 1.57. The SMILES string of the molecule is COC(=O)CCC(NC(=O)c1c(F)cccc1Br)C(=O)O. The van der Waals surface area contributed by atoms with E-state index in [1.165, 1.54) is 19.2 Å². The number of amides is 1. The molecule has 0 heterocycles. The summed E-state index contributed by atoms with van der Waals surface area (Å²) < 4.78 is 18.2. The predicted molar refractivity (Wildman–Crippen MR) is 74.2 cm³/mol. The third-order valence-electron chi connectivity index (χ3n) is 2.66. The number of carbonyl (C=O) groups excluding carboxylic acids is 2. The molecule has 0 aliphatic carbocycles. The molecule has 1 atom stereocenters. The number of ether oxygens (including phenoxy) is 1. The Bertz CT molecular complexity index is 543. The van der Waals surface area contributed by atoms with Crippen LogP contribution in [0, 0.1) is 5.82 Å². The Kier molecular flexibility index (Phi) is 6.29. The van der Waals surface area contributed by atoms with E-state index in [1.54, 1.807) is 0 Å². The van der Waals surface area contributed by atoms with Crippen molar-refractivity contribution >= 4 is 33.8 Å². The highest BCUT2D eigenvalue weighted by Gasteiger charge is 2.24. The van der Waals surface area contributed by atoms with Gasteiger partial charge in [-0.15, -0.1) is 0 Å². The third kappa shape index (κ3) is 4.82. The van der Waals surface area contributed by atoms with Crippen molar-refractivity contribution in [1.82, 2.24) is 5.32 Å². The van der Waals surface area contributed by atoms with E-state index in [9.17, 15) is 18.8 Å². The molecule has 0 fully saturated rings. The van der Waals surface area contributed by atoms with Gasteiger partial charge in [0.15, 0.2) is 0 Å². The Hall–Kier alpha value is -1.96. The summed E-state index contributed by atoms with van der Waals surface area (Å²) in [5, 5.41) is 11.2. The molecule has 1 aromatic rings. The lowest BCUT2D eigenvalue weighted by atomic mass is 10.1. The zero-order valence-corrected chi connectivity index (χ0v) is 12.6. The van der Waals surface area contributed by atoms with E-state index in [2.05, 4.69) is 26.0 Å². The Morgan fingerprint density at radius 1 is 1.43 bits per heavy atom. The minimum atomic E-state index is -1.32. The van der Waals surface area contributed by atoms with Gasteiger partial charge in [0, 0.05) is 10.9 Å². The van der Waals surface area contributed by atoms with Gasteiger partial charge in [0.05, 0.1) is 12.7 Å². The molecule has 21 heavy (non-hydrogen) atoms. The van der Waals surface area contributed by atoms with Gasteiger partial charge < -0.3 is 15.2 Å². The molecule has 0 saturated carbocycles. The zero-order valence-electron chi connectivity index (χ0n) is 11.1. The maximum Gasteiger partial charge on any atom is 0.326 e. The molecule has 0 aromatic heterocycles. The molecule has 1 aromatic carbocycles. The van der Waals surface area contributed by atoms with Crippen LogP contribution in [-0.4, -0.2) is 36.1 Å². The van der Waals surface area contributed by atoms with Gasteiger partial charge in [-0.2, -0.15) is 0 Å². The van der Waals surface area contributed by atoms with Crippen molar-refractivity contribution in [3.63, 3.8) is 0 Å². The van der Waals surface area contributed by atoms with Gasteiger partial charge in [0.1, 0.15) is 11.9 Å². The van der Waals surface area contributed by atoms with Crippen molar-refractivity contribution in [1.29, 1.82) is 0 Å². The minimum Gasteiger partial charge on any atom is -0.480 e. The number of aliphatic carboxylic acids is 1. The van der Waals surface area contributed by atoms with Crippen LogP contribution in [0.4, 0.5) is 4.39 Å². The molecule has 0 bridgehead atoms. The van der Waals surface area contributed by atoms with Gasteiger partial charge in [-0.1, -0.05) is 6.07 Å². The van der Waals surface area contributed by atoms with Crippen molar-refractivity contribution in [3.8, 4) is 0 Å². The van der Waals surface area contributed by atoms with Gasteiger partial charge in [-0.3, -0.25) is 9.59 Å². The van der Waals surface area contributed by atoms with Crippen molar-refractivity contribution < 1.29 is 28.6 Å². The van der Waals surface area contributed by atoms with E-state index in [0.29, 0.717) is 0 Å². The van der Waals surface area contributed by atoms with Gasteiger partial charge in [0.25, 0.3) is 5.91 Å². The first kappa shape index (κ1) is 17.1. The molecule has 6 nitrogen and oxygen atoms in total. The highest BCUT2D eigenvalue weighted by Crippen LogP contribution is 2.19. The summed E-state index contributed by atoms with van der Waals surface area (Å²) in [7, 11) is 1.17. The largest absolute Gasteiger partial charge is 0.480 e. The van der Waals surface area contributed by atoms with Crippen molar-refractivity contribution in [2.24, 2.45) is 0 Å². The van der Waals surface area contributed by atoms with Crippen LogP contribution in [0.2, 0.25) is 0 Å². The average Bonchev–Trinajstić information content (AvgIpc) is 2.42. The zero-order chi connectivity index (χ0) is 16.0. The summed E-state index contributed by atoms with van der Waals surface area (Å²) in [6.07, 6.45) is -0.327. The lowest BCUT2D eigenvalue weighted by Gasteiger charge is -2.15. The van der Waals surface area contributed by atoms with Crippen LogP contribution in [0.5, 0.6) is 0 Å². The van der Waals surface area contributed by atoms with Crippen LogP contribution in [0.1, 0.15) is 23.2 Å². The Labute approximate surface area is 128 Å². The smallest absolute Gasteiger partial charge is 0.326 e. The summed E-state index contributed by atoms with van der Waals surface area (Å²) in [4.78, 5) is 34.0. The summed E-state index contributed by atoms with van der Waals surface area (Å²) in [5.41, 5.74) is -0.290. The predicted octanol–water partition coefficient (Wildman–Crippen LogP) is 1.72. The first-order chi connectivity index (χ1) is 9.86. The number of hydrogen-bond donors (Lipinski definition) is 2. The second kappa shape index (κ2) is 7.72. The number of methoxy groups -OCH3 is 1. The Balaban J connectivity index is 2.82. The molecule has 0 aliphatic rings. The molecule has 114 valence electrons. The van der Waals surface area contributed by atoms with E-state index in [0.717, 1.165) is 6.07 Å². The lowest BCUT2D eigenvalue weighted by molar-refractivity contribution is -0.142. The van der Waals surface area contributed by atoms with Crippen LogP contribution in [0.15, 0.2) is 22.7 Å². The summed E-state index contributed by atoms with van der Waals surface area (Å²) in [6.45, 7) is 0. The van der Waals surface area contributed by atoms with Crippen molar-refractivity contribution in [3.05, 3.63) is 34.1 Å². The fraction of sp³-hybridized carbons (Fsp3) is 0.308. The molecule has 0 aliphatic heterocycles. The van der Waals surface area contributed by atoms with E-state index in [-0.39, 0.29) is 22.9 Å². The van der Waals surface area contributed by atoms with Crippen LogP contribution in [-0.2, 0) is 14.3 Å². The number of benzene rings is 1. The molecule has 0 spiro atoms. The van der Waals surface area contributed by atoms with Crippen molar-refractivity contribution in [2.75, 3.05) is 7.11 Å². The summed E-state index contributed by atoms with van der Waals surface area (Å²) in [5.74, 6) is -3.57. The van der Waals surface area contributed by atoms with Crippen LogP contribution in [0.3, 0.4) is 0 Å². The van der Waals surface area contributed by atoms with Gasteiger partial charge in [-0.25, -0.2) is 9.18 Å². The minimum absolute atomic E-state index is 0.153. The standard InChI is InChI=1S/C13H13BrFNO5/c1-21-10(17)6-5-9(13(19)20)16-12(18)11-7(14)3-2-4-8(11)15/h2-4,9H,5-6H2,1H3,(H,16,18)(H,19,20). The van der Waals surface area contributed by atoms with Crippen LogP contribution in [0.25, 0.3) is 0 Å². The summed E-state index contributed by atoms with van der Waals surface area (Å²) in [6, 6.07) is 2.64. The van der Waals surface area contributed by atoms with Gasteiger partial charge in [-0.05, 0) is 34.5 Å². The van der Waals surface area contributed by atoms with E-state index >= 15 is 0 Å². The number of nitrogens with one attached hydrogen (secondary N) is 1. The monoisotopic (exact) mass is 361 g/mol. The molecule has 1 rings (SSSR count). The van der Waals surface area contributed by atoms with Crippen molar-refractivity contribution in [2.45, 2.75) is 18.9 Å². The molecule has 0 saturated heterocycles. The first-order valence-corrected chi connectivity index (χ1v) is 6.70. The number of carboxylic acid groups (broad SMARTS) is 1. The first-order valence-electron chi connectivity index (χ1n) is 5.91. The molecule has 1 unspecified atom stereocenters. The average molecular weight is 362 g/mol. The molecule has 2 N–H and O–H groups in total. The Morgan fingerprint density at radius 2 is 2.10 bits per heavy atom. The molecule has 0 radical (unpaired) electrons. The number of carbonyl (C=O) groups is 3. The number of hydrogen-bond acceptors (Lipinski definition) is 4. The van der Waals surface area contributed by atoms with Crippen LogP contribution >= 0.6 is 15.9 Å². The normalized spacial score (nSPS) is 11.6. The molecular weight excluding hydrogens is 349 g/mol. The quantitative estimate of drug-likeness (QED) is 0.752. The van der Waals surface area contributed by atoms with E-state index < -0.39 is 29.7 Å². The maximum atomic E-state index is 13.6. The number of carboxylic acids is 1. The summed E-state index contributed by atoms with van der Waals surface area (Å²) >= 11 is 3.03. The highest BCUT2D eigenvalue weighted by molar-refractivity contribution is 9.10. The molecular formula is C13H13BrFNO5. The van der Waals surface area contributed by atoms with Crippen LogP contribution < -0.4 is 5.32 Å². The lowest BCUT2D eigenvalue weighted by Crippen LogP contribution is -2.41. The third-order valence-corrected chi connectivity index (χ3v) is 3.32. The Morgan fingerprint density at radius 3 is 2.62 bits per heavy atom. The second-order valence-corrected chi connectivity index (χ2v) is 4.93. The number of rotatable bonds is 6.